The Bertz CT molecular complexity index is 683. The van der Waals surface area contributed by atoms with Crippen molar-refractivity contribution in [1.82, 2.24) is 9.55 Å². The summed E-state index contributed by atoms with van der Waals surface area (Å²) < 4.78 is 2.87. The number of aromatic amines is 1. The molecule has 19 heavy (non-hydrogen) atoms. The van der Waals surface area contributed by atoms with Gasteiger partial charge in [-0.05, 0) is 36.7 Å². The highest BCUT2D eigenvalue weighted by atomic mass is 32.1. The number of rotatable bonds is 3. The second-order valence-corrected chi connectivity index (χ2v) is 5.72. The monoisotopic (exact) mass is 271 g/mol. The van der Waals surface area contributed by atoms with Gasteiger partial charge in [0.1, 0.15) is 6.07 Å². The minimum Gasteiger partial charge on any atom is -0.329 e. The molecule has 0 aliphatic heterocycles. The number of H-pyrrole nitrogens is 1. The third-order valence-corrected chi connectivity index (χ3v) is 4.49. The molecule has 0 unspecified atom stereocenters. The quantitative estimate of drug-likeness (QED) is 0.852. The fourth-order valence-corrected chi connectivity index (χ4v) is 3.40. The van der Waals surface area contributed by atoms with E-state index in [1.807, 2.05) is 18.2 Å². The van der Waals surface area contributed by atoms with Crippen LogP contribution < -0.4 is 0 Å². The van der Waals surface area contributed by atoms with Crippen molar-refractivity contribution < 1.29 is 0 Å². The first-order chi connectivity index (χ1) is 9.29. The van der Waals surface area contributed by atoms with Crippen molar-refractivity contribution in [2.45, 2.75) is 38.6 Å². The van der Waals surface area contributed by atoms with Crippen LogP contribution in [-0.2, 0) is 6.54 Å². The van der Waals surface area contributed by atoms with E-state index in [1.54, 1.807) is 0 Å². The maximum atomic E-state index is 9.13. The molecule has 1 N–H and O–H groups in total. The molecule has 2 aromatic rings. The maximum Gasteiger partial charge on any atom is 0.178 e. The van der Waals surface area contributed by atoms with Crippen molar-refractivity contribution in [1.29, 1.82) is 5.26 Å². The zero-order valence-electron chi connectivity index (χ0n) is 10.9. The van der Waals surface area contributed by atoms with Crippen LogP contribution in [0.5, 0.6) is 0 Å². The summed E-state index contributed by atoms with van der Waals surface area (Å²) in [5.41, 5.74) is 2.60. The van der Waals surface area contributed by atoms with Crippen LogP contribution in [0, 0.1) is 22.0 Å². The van der Waals surface area contributed by atoms with Crippen LogP contribution >= 0.6 is 12.2 Å². The molecule has 1 aliphatic rings. The Balaban J connectivity index is 1.92. The predicted octanol–water partition coefficient (Wildman–Crippen LogP) is 4.15. The predicted molar refractivity (Wildman–Crippen MR) is 78.4 cm³/mol. The second-order valence-electron chi connectivity index (χ2n) is 5.33. The van der Waals surface area contributed by atoms with Crippen LogP contribution in [0.2, 0.25) is 0 Å². The molecule has 1 aliphatic carbocycles. The topological polar surface area (TPSA) is 44.5 Å². The van der Waals surface area contributed by atoms with Gasteiger partial charge in [0.25, 0.3) is 0 Å². The van der Waals surface area contributed by atoms with E-state index in [4.69, 9.17) is 17.5 Å². The number of benzene rings is 1. The second kappa shape index (κ2) is 5.18. The van der Waals surface area contributed by atoms with Gasteiger partial charge in [-0.3, -0.25) is 0 Å². The Morgan fingerprint density at radius 3 is 2.89 bits per heavy atom. The lowest BCUT2D eigenvalue weighted by Crippen LogP contribution is -2.03. The molecule has 0 atom stereocenters. The lowest BCUT2D eigenvalue weighted by molar-refractivity contribution is 0.461. The molecular weight excluding hydrogens is 254 g/mol. The van der Waals surface area contributed by atoms with Gasteiger partial charge in [-0.2, -0.15) is 5.26 Å². The summed E-state index contributed by atoms with van der Waals surface area (Å²) in [7, 11) is 0. The lowest BCUT2D eigenvalue weighted by Gasteiger charge is -2.10. The van der Waals surface area contributed by atoms with E-state index in [0.717, 1.165) is 28.3 Å². The number of hydrogen-bond donors (Lipinski definition) is 1. The summed E-state index contributed by atoms with van der Waals surface area (Å²) in [4.78, 5) is 3.18. The summed E-state index contributed by atoms with van der Waals surface area (Å²) >= 11 is 5.40. The van der Waals surface area contributed by atoms with Crippen LogP contribution in [0.25, 0.3) is 11.0 Å². The molecule has 1 aromatic heterocycles. The highest BCUT2D eigenvalue weighted by molar-refractivity contribution is 7.71. The van der Waals surface area contributed by atoms with Crippen LogP contribution in [0.3, 0.4) is 0 Å². The highest BCUT2D eigenvalue weighted by Crippen LogP contribution is 2.28. The van der Waals surface area contributed by atoms with Gasteiger partial charge in [0.05, 0.1) is 16.6 Å². The number of nitrogens with zero attached hydrogens (tertiary/aromatic N) is 2. The summed E-state index contributed by atoms with van der Waals surface area (Å²) in [6.07, 6.45) is 6.67. The highest BCUT2D eigenvalue weighted by Gasteiger charge is 2.16. The fraction of sp³-hybridized carbons (Fsp3) is 0.467. The van der Waals surface area contributed by atoms with Crippen molar-refractivity contribution in [3.05, 3.63) is 28.5 Å². The number of aryl methyl sites for hydroxylation is 1. The summed E-state index contributed by atoms with van der Waals surface area (Å²) in [6, 6.07) is 8.01. The van der Waals surface area contributed by atoms with E-state index in [-0.39, 0.29) is 0 Å². The molecule has 0 amide bonds. The first-order valence-corrected chi connectivity index (χ1v) is 7.32. The van der Waals surface area contributed by atoms with Crippen molar-refractivity contribution in [2.75, 3.05) is 0 Å². The van der Waals surface area contributed by atoms with E-state index >= 15 is 0 Å². The van der Waals surface area contributed by atoms with Gasteiger partial charge in [0.15, 0.2) is 4.77 Å². The number of fused-ring (bicyclic) bond motifs is 1. The zero-order chi connectivity index (χ0) is 13.2. The van der Waals surface area contributed by atoms with Crippen molar-refractivity contribution in [3.63, 3.8) is 0 Å². The zero-order valence-corrected chi connectivity index (χ0v) is 11.7. The number of hydrogen-bond acceptors (Lipinski definition) is 2. The normalized spacial score (nSPS) is 15.9. The first kappa shape index (κ1) is 12.4. The molecule has 98 valence electrons. The Kier molecular flexibility index (Phi) is 3.39. The van der Waals surface area contributed by atoms with Gasteiger partial charge < -0.3 is 9.55 Å². The standard InChI is InChI=1S/C15H17N3S/c16-10-12-6-3-7-13-14(12)17-15(19)18(13)9-8-11-4-1-2-5-11/h3,6-7,11H,1-2,4-5,8-9H2,(H,17,19). The molecule has 1 aromatic carbocycles. The van der Waals surface area contributed by atoms with Crippen molar-refractivity contribution >= 4 is 23.3 Å². The number of nitrogens with one attached hydrogen (secondary N) is 1. The van der Waals surface area contributed by atoms with E-state index in [2.05, 4.69) is 15.6 Å². The molecule has 1 saturated carbocycles. The molecule has 0 radical (unpaired) electrons. The van der Waals surface area contributed by atoms with Gasteiger partial charge in [0, 0.05) is 6.54 Å². The molecular formula is C15H17N3S. The van der Waals surface area contributed by atoms with Gasteiger partial charge >= 0.3 is 0 Å². The van der Waals surface area contributed by atoms with Gasteiger partial charge in [-0.1, -0.05) is 31.7 Å². The molecule has 3 rings (SSSR count). The van der Waals surface area contributed by atoms with E-state index in [9.17, 15) is 0 Å². The van der Waals surface area contributed by atoms with Crippen LogP contribution in [0.15, 0.2) is 18.2 Å². The molecule has 0 saturated heterocycles. The van der Waals surface area contributed by atoms with Crippen LogP contribution in [-0.4, -0.2) is 9.55 Å². The third-order valence-electron chi connectivity index (χ3n) is 4.17. The SMILES string of the molecule is N#Cc1cccc2c1[nH]c(=S)n2CCC1CCCC1. The van der Waals surface area contributed by atoms with Crippen LogP contribution in [0.1, 0.15) is 37.7 Å². The minimum absolute atomic E-state index is 0.670. The molecule has 1 fully saturated rings. The number of imidazole rings is 1. The third kappa shape index (κ3) is 2.31. The lowest BCUT2D eigenvalue weighted by atomic mass is 10.0. The summed E-state index contributed by atoms with van der Waals surface area (Å²) in [6.45, 7) is 0.957. The Hall–Kier alpha value is -1.60. The van der Waals surface area contributed by atoms with Gasteiger partial charge in [0.2, 0.25) is 0 Å². The maximum absolute atomic E-state index is 9.13. The molecule has 4 heteroatoms. The fourth-order valence-electron chi connectivity index (χ4n) is 3.11. The van der Waals surface area contributed by atoms with Gasteiger partial charge in [-0.15, -0.1) is 0 Å². The average Bonchev–Trinajstić information content (AvgIpc) is 3.03. The average molecular weight is 271 g/mol. The molecule has 0 spiro atoms. The number of nitriles is 1. The molecule has 0 bridgehead atoms. The first-order valence-electron chi connectivity index (χ1n) is 6.91. The van der Waals surface area contributed by atoms with E-state index in [1.165, 1.54) is 32.1 Å². The Morgan fingerprint density at radius 1 is 1.37 bits per heavy atom. The van der Waals surface area contributed by atoms with Gasteiger partial charge in [-0.25, -0.2) is 0 Å². The van der Waals surface area contributed by atoms with E-state index in [0.29, 0.717) is 5.56 Å². The number of aromatic nitrogens is 2. The van der Waals surface area contributed by atoms with Crippen molar-refractivity contribution in [2.24, 2.45) is 5.92 Å². The summed E-state index contributed by atoms with van der Waals surface area (Å²) in [5.74, 6) is 0.853. The smallest absolute Gasteiger partial charge is 0.178 e. The largest absolute Gasteiger partial charge is 0.329 e. The molecule has 3 nitrogen and oxygen atoms in total. The minimum atomic E-state index is 0.670. The molecule has 1 heterocycles. The van der Waals surface area contributed by atoms with Crippen LogP contribution in [0.4, 0.5) is 0 Å². The summed E-state index contributed by atoms with van der Waals surface area (Å²) in [5, 5.41) is 9.13. The Labute approximate surface area is 117 Å². The van der Waals surface area contributed by atoms with E-state index < -0.39 is 0 Å². The van der Waals surface area contributed by atoms with Crippen molar-refractivity contribution in [3.8, 4) is 6.07 Å². The number of para-hydroxylation sites is 1. The Morgan fingerprint density at radius 2 is 2.16 bits per heavy atom.